The van der Waals surface area contributed by atoms with Gasteiger partial charge < -0.3 is 31.9 Å². The van der Waals surface area contributed by atoms with Crippen molar-refractivity contribution in [3.63, 3.8) is 0 Å². The lowest BCUT2D eigenvalue weighted by Gasteiger charge is -2.25. The Labute approximate surface area is 227 Å². The summed E-state index contributed by atoms with van der Waals surface area (Å²) < 4.78 is 0. The molecule has 0 fully saturated rings. The van der Waals surface area contributed by atoms with Crippen molar-refractivity contribution in [2.45, 2.75) is 63.7 Å². The van der Waals surface area contributed by atoms with Crippen LogP contribution in [0.5, 0.6) is 0 Å². The Morgan fingerprint density at radius 2 is 1.15 bits per heavy atom. The lowest BCUT2D eigenvalue weighted by molar-refractivity contribution is -0.143. The standard InChI is InChI=1S/C28H36N4O7/c1-17(2)13-21(26(36)32-23(28(38)39)15-19-11-7-4-8-12-19)31-27(37)22(16-24(33)34)30-25(35)20(29)14-18-9-5-3-6-10-18/h3-12,17,20-23H,13-16,29H2,1-2H3,(H,30,35)(H,31,37)(H,32,36)(H,33,34)(H,38,39). The van der Waals surface area contributed by atoms with Gasteiger partial charge in [-0.05, 0) is 29.9 Å². The quantitative estimate of drug-likeness (QED) is 0.192. The van der Waals surface area contributed by atoms with Gasteiger partial charge in [0.25, 0.3) is 0 Å². The molecular weight excluding hydrogens is 504 g/mol. The van der Waals surface area contributed by atoms with Crippen LogP contribution in [0.25, 0.3) is 0 Å². The molecule has 0 bridgehead atoms. The predicted octanol–water partition coefficient (Wildman–Crippen LogP) is 0.859. The molecule has 7 N–H and O–H groups in total. The molecule has 11 heteroatoms. The van der Waals surface area contributed by atoms with E-state index in [-0.39, 0.29) is 25.2 Å². The average Bonchev–Trinajstić information content (AvgIpc) is 2.88. The first kappa shape index (κ1) is 31.0. The number of hydrogen-bond donors (Lipinski definition) is 6. The highest BCUT2D eigenvalue weighted by atomic mass is 16.4. The molecule has 0 spiro atoms. The molecule has 0 aliphatic carbocycles. The monoisotopic (exact) mass is 540 g/mol. The fourth-order valence-corrected chi connectivity index (χ4v) is 3.92. The first-order chi connectivity index (χ1) is 18.5. The zero-order valence-corrected chi connectivity index (χ0v) is 22.0. The minimum absolute atomic E-state index is 0.0290. The van der Waals surface area contributed by atoms with E-state index in [1.165, 1.54) is 0 Å². The average molecular weight is 541 g/mol. The number of hydrogen-bond acceptors (Lipinski definition) is 6. The predicted molar refractivity (Wildman–Crippen MR) is 143 cm³/mol. The van der Waals surface area contributed by atoms with Crippen molar-refractivity contribution in [3.05, 3.63) is 71.8 Å². The Hall–Kier alpha value is -4.25. The normalized spacial score (nSPS) is 13.9. The summed E-state index contributed by atoms with van der Waals surface area (Å²) in [7, 11) is 0. The SMILES string of the molecule is CC(C)CC(NC(=O)C(CC(=O)O)NC(=O)C(N)Cc1ccccc1)C(=O)NC(Cc1ccccc1)C(=O)O. The highest BCUT2D eigenvalue weighted by Gasteiger charge is 2.32. The fourth-order valence-electron chi connectivity index (χ4n) is 3.92. The summed E-state index contributed by atoms with van der Waals surface area (Å²) in [5, 5.41) is 26.3. The Kier molecular flexibility index (Phi) is 12.1. The van der Waals surface area contributed by atoms with Gasteiger partial charge in [0, 0.05) is 6.42 Å². The number of nitrogens with two attached hydrogens (primary N) is 1. The number of carbonyl (C=O) groups is 5. The summed E-state index contributed by atoms with van der Waals surface area (Å²) in [5.41, 5.74) is 7.47. The van der Waals surface area contributed by atoms with E-state index in [1.54, 1.807) is 54.6 Å². The maximum atomic E-state index is 13.1. The molecule has 0 saturated heterocycles. The smallest absolute Gasteiger partial charge is 0.326 e. The van der Waals surface area contributed by atoms with Gasteiger partial charge in [0.05, 0.1) is 12.5 Å². The number of carboxylic acid groups (broad SMARTS) is 2. The Balaban J connectivity index is 2.12. The summed E-state index contributed by atoms with van der Waals surface area (Å²) in [6.07, 6.45) is -0.389. The first-order valence-corrected chi connectivity index (χ1v) is 12.6. The molecule has 0 saturated carbocycles. The van der Waals surface area contributed by atoms with Crippen LogP contribution in [-0.4, -0.2) is 64.0 Å². The van der Waals surface area contributed by atoms with Crippen LogP contribution in [-0.2, 0) is 36.8 Å². The summed E-state index contributed by atoms with van der Waals surface area (Å²) in [5.74, 6) is -5.02. The minimum atomic E-state index is -1.50. The zero-order valence-electron chi connectivity index (χ0n) is 22.0. The third-order valence-electron chi connectivity index (χ3n) is 5.88. The first-order valence-electron chi connectivity index (χ1n) is 12.6. The molecular formula is C28H36N4O7. The van der Waals surface area contributed by atoms with E-state index in [4.69, 9.17) is 5.73 Å². The van der Waals surface area contributed by atoms with Crippen molar-refractivity contribution in [2.24, 2.45) is 11.7 Å². The lowest BCUT2D eigenvalue weighted by atomic mass is 10.0. The van der Waals surface area contributed by atoms with Crippen LogP contribution in [0.4, 0.5) is 0 Å². The molecule has 4 unspecified atom stereocenters. The van der Waals surface area contributed by atoms with Gasteiger partial charge >= 0.3 is 11.9 Å². The van der Waals surface area contributed by atoms with Crippen molar-refractivity contribution < 1.29 is 34.2 Å². The van der Waals surface area contributed by atoms with E-state index in [1.807, 2.05) is 19.9 Å². The molecule has 4 atom stereocenters. The third kappa shape index (κ3) is 10.9. The second kappa shape index (κ2) is 15.2. The third-order valence-corrected chi connectivity index (χ3v) is 5.88. The van der Waals surface area contributed by atoms with Crippen LogP contribution in [0.2, 0.25) is 0 Å². The molecule has 0 aliphatic heterocycles. The molecule has 3 amide bonds. The summed E-state index contributed by atoms with van der Waals surface area (Å²) in [6.45, 7) is 3.62. The molecule has 0 aromatic heterocycles. The molecule has 0 radical (unpaired) electrons. The number of aliphatic carboxylic acids is 2. The number of amides is 3. The zero-order chi connectivity index (χ0) is 28.9. The molecule has 0 heterocycles. The lowest BCUT2D eigenvalue weighted by Crippen LogP contribution is -2.58. The molecule has 210 valence electrons. The Morgan fingerprint density at radius 1 is 0.692 bits per heavy atom. The van der Waals surface area contributed by atoms with Gasteiger partial charge in [-0.1, -0.05) is 74.5 Å². The van der Waals surface area contributed by atoms with Gasteiger partial charge in [0.2, 0.25) is 17.7 Å². The largest absolute Gasteiger partial charge is 0.481 e. The maximum Gasteiger partial charge on any atom is 0.326 e. The number of rotatable bonds is 15. The maximum absolute atomic E-state index is 13.1. The van der Waals surface area contributed by atoms with E-state index < -0.39 is 60.2 Å². The van der Waals surface area contributed by atoms with Gasteiger partial charge in [-0.2, -0.15) is 0 Å². The van der Waals surface area contributed by atoms with Gasteiger partial charge in [0.15, 0.2) is 0 Å². The molecule has 11 nitrogen and oxygen atoms in total. The van der Waals surface area contributed by atoms with Crippen LogP contribution in [0.15, 0.2) is 60.7 Å². The Morgan fingerprint density at radius 3 is 1.64 bits per heavy atom. The molecule has 0 aliphatic rings. The number of carboxylic acids is 2. The van der Waals surface area contributed by atoms with E-state index in [2.05, 4.69) is 16.0 Å². The van der Waals surface area contributed by atoms with Crippen molar-refractivity contribution in [1.29, 1.82) is 0 Å². The second-order valence-corrected chi connectivity index (χ2v) is 9.74. The van der Waals surface area contributed by atoms with Crippen molar-refractivity contribution in [2.75, 3.05) is 0 Å². The number of carbonyl (C=O) groups excluding carboxylic acids is 3. The molecule has 2 aromatic rings. The van der Waals surface area contributed by atoms with Gasteiger partial charge in [-0.3, -0.25) is 19.2 Å². The van der Waals surface area contributed by atoms with Crippen LogP contribution < -0.4 is 21.7 Å². The van der Waals surface area contributed by atoms with Crippen LogP contribution >= 0.6 is 0 Å². The van der Waals surface area contributed by atoms with E-state index in [0.717, 1.165) is 5.56 Å². The number of nitrogens with one attached hydrogen (secondary N) is 3. The second-order valence-electron chi connectivity index (χ2n) is 9.74. The molecule has 39 heavy (non-hydrogen) atoms. The van der Waals surface area contributed by atoms with Crippen LogP contribution in [0, 0.1) is 5.92 Å². The molecule has 2 aromatic carbocycles. The highest BCUT2D eigenvalue weighted by Crippen LogP contribution is 2.09. The van der Waals surface area contributed by atoms with E-state index in [9.17, 15) is 34.2 Å². The van der Waals surface area contributed by atoms with Crippen molar-refractivity contribution in [1.82, 2.24) is 16.0 Å². The number of benzene rings is 2. The summed E-state index contributed by atoms with van der Waals surface area (Å²) >= 11 is 0. The van der Waals surface area contributed by atoms with Crippen molar-refractivity contribution in [3.8, 4) is 0 Å². The topological polar surface area (TPSA) is 188 Å². The van der Waals surface area contributed by atoms with Gasteiger partial charge in [-0.15, -0.1) is 0 Å². The van der Waals surface area contributed by atoms with E-state index in [0.29, 0.717) is 5.56 Å². The van der Waals surface area contributed by atoms with Crippen LogP contribution in [0.3, 0.4) is 0 Å². The van der Waals surface area contributed by atoms with Crippen molar-refractivity contribution >= 4 is 29.7 Å². The van der Waals surface area contributed by atoms with Gasteiger partial charge in [-0.25, -0.2) is 4.79 Å². The summed E-state index contributed by atoms with van der Waals surface area (Å²) in [4.78, 5) is 62.1. The van der Waals surface area contributed by atoms with Gasteiger partial charge in [0.1, 0.15) is 18.1 Å². The van der Waals surface area contributed by atoms with E-state index >= 15 is 0 Å². The Bertz CT molecular complexity index is 1130. The molecule has 2 rings (SSSR count). The minimum Gasteiger partial charge on any atom is -0.481 e. The fraction of sp³-hybridized carbons (Fsp3) is 0.393. The van der Waals surface area contributed by atoms with Crippen LogP contribution in [0.1, 0.15) is 37.8 Å². The highest BCUT2D eigenvalue weighted by molar-refractivity contribution is 5.95. The summed E-state index contributed by atoms with van der Waals surface area (Å²) in [6, 6.07) is 12.7.